The van der Waals surface area contributed by atoms with E-state index in [1.165, 1.54) is 6.08 Å². The minimum absolute atomic E-state index is 0.262. The van der Waals surface area contributed by atoms with E-state index < -0.39 is 11.9 Å². The van der Waals surface area contributed by atoms with E-state index in [0.29, 0.717) is 6.61 Å². The summed E-state index contributed by atoms with van der Waals surface area (Å²) >= 11 is 0. The Balaban J connectivity index is 2.47. The lowest BCUT2D eigenvalue weighted by Crippen LogP contribution is -2.28. The van der Waals surface area contributed by atoms with Gasteiger partial charge in [-0.1, -0.05) is 6.08 Å². The number of hydrogen-bond donors (Lipinski definition) is 1. The monoisotopic (exact) mass is 158 g/mol. The Labute approximate surface area is 66.6 Å². The van der Waals surface area contributed by atoms with Gasteiger partial charge in [-0.15, -0.1) is 6.58 Å². The minimum atomic E-state index is -0.628. The van der Waals surface area contributed by atoms with Crippen LogP contribution in [0.2, 0.25) is 0 Å². The topological polar surface area (TPSA) is 38.7 Å². The highest BCUT2D eigenvalue weighted by molar-refractivity contribution is 4.88. The molecule has 3 nitrogen and oxygen atoms in total. The average molecular weight is 158 g/mol. The maximum absolute atomic E-state index is 9.27. The van der Waals surface area contributed by atoms with Crippen LogP contribution in [0, 0.1) is 0 Å². The first kappa shape index (κ1) is 8.71. The van der Waals surface area contributed by atoms with Crippen molar-refractivity contribution in [1.82, 2.24) is 0 Å². The van der Waals surface area contributed by atoms with E-state index in [0.717, 1.165) is 0 Å². The molecule has 0 aromatic rings. The summed E-state index contributed by atoms with van der Waals surface area (Å²) in [7, 11) is 0. The van der Waals surface area contributed by atoms with Crippen LogP contribution in [0.5, 0.6) is 0 Å². The van der Waals surface area contributed by atoms with Crippen molar-refractivity contribution in [3.63, 3.8) is 0 Å². The molecule has 64 valence electrons. The molecule has 1 N–H and O–H groups in total. The van der Waals surface area contributed by atoms with Gasteiger partial charge in [0.2, 0.25) is 0 Å². The summed E-state index contributed by atoms with van der Waals surface area (Å²) in [5.74, 6) is -0.561. The highest BCUT2D eigenvalue weighted by Gasteiger charge is 2.35. The molecule has 1 rings (SSSR count). The average Bonchev–Trinajstić information content (AvgIpc) is 2.29. The van der Waals surface area contributed by atoms with E-state index in [1.54, 1.807) is 0 Å². The molecule has 0 aliphatic carbocycles. The highest BCUT2D eigenvalue weighted by Crippen LogP contribution is 2.24. The zero-order chi connectivity index (χ0) is 8.48. The first-order valence-corrected chi connectivity index (χ1v) is 3.67. The van der Waals surface area contributed by atoms with Crippen molar-refractivity contribution >= 4 is 0 Å². The van der Waals surface area contributed by atoms with Crippen LogP contribution in [-0.2, 0) is 9.47 Å². The van der Waals surface area contributed by atoms with Crippen molar-refractivity contribution in [2.75, 3.05) is 6.61 Å². The lowest BCUT2D eigenvalue weighted by Gasteiger charge is -2.18. The zero-order valence-corrected chi connectivity index (χ0v) is 6.91. The second kappa shape index (κ2) is 2.93. The predicted octanol–water partition coefficient (Wildman–Crippen LogP) is 0.685. The van der Waals surface area contributed by atoms with Gasteiger partial charge in [0.1, 0.15) is 12.2 Å². The molecule has 1 aliphatic heterocycles. The predicted molar refractivity (Wildman–Crippen MR) is 41.1 cm³/mol. The summed E-state index contributed by atoms with van der Waals surface area (Å²) in [6.45, 7) is 7.54. The molecule has 0 aromatic carbocycles. The first-order chi connectivity index (χ1) is 5.05. The van der Waals surface area contributed by atoms with Gasteiger partial charge in [-0.25, -0.2) is 0 Å². The van der Waals surface area contributed by atoms with Gasteiger partial charge in [0, 0.05) is 0 Å². The SMILES string of the molecule is C=C[C@@H](O)C1COC(C)(C)O1. The lowest BCUT2D eigenvalue weighted by molar-refractivity contribution is -0.147. The van der Waals surface area contributed by atoms with Crippen LogP contribution in [0.4, 0.5) is 0 Å². The second-order valence-corrected chi connectivity index (χ2v) is 3.09. The van der Waals surface area contributed by atoms with Crippen LogP contribution in [-0.4, -0.2) is 29.7 Å². The third-order valence-electron chi connectivity index (χ3n) is 1.65. The molecular formula is C8H14O3. The summed E-state index contributed by atoms with van der Waals surface area (Å²) in [5, 5.41) is 9.27. The van der Waals surface area contributed by atoms with Crippen molar-refractivity contribution in [1.29, 1.82) is 0 Å². The smallest absolute Gasteiger partial charge is 0.163 e. The van der Waals surface area contributed by atoms with Gasteiger partial charge in [0.15, 0.2) is 5.79 Å². The highest BCUT2D eigenvalue weighted by atomic mass is 16.7. The Morgan fingerprint density at radius 3 is 2.73 bits per heavy atom. The van der Waals surface area contributed by atoms with E-state index in [4.69, 9.17) is 9.47 Å². The Bertz CT molecular complexity index is 153. The van der Waals surface area contributed by atoms with E-state index in [2.05, 4.69) is 6.58 Å². The molecule has 0 amide bonds. The standard InChI is InChI=1S/C8H14O3/c1-4-6(9)7-5-10-8(2,3)11-7/h4,6-7,9H,1,5H2,2-3H3/t6-,7?/m1/s1. The van der Waals surface area contributed by atoms with Gasteiger partial charge in [-0.05, 0) is 13.8 Å². The quantitative estimate of drug-likeness (QED) is 0.601. The molecule has 1 aliphatic rings. The van der Waals surface area contributed by atoms with Gasteiger partial charge in [-0.2, -0.15) is 0 Å². The summed E-state index contributed by atoms with van der Waals surface area (Å²) < 4.78 is 10.6. The van der Waals surface area contributed by atoms with E-state index >= 15 is 0 Å². The van der Waals surface area contributed by atoms with E-state index in [-0.39, 0.29) is 6.10 Å². The van der Waals surface area contributed by atoms with Crippen molar-refractivity contribution in [3.8, 4) is 0 Å². The third kappa shape index (κ3) is 2.02. The molecule has 1 heterocycles. The molecule has 0 spiro atoms. The molecule has 1 unspecified atom stereocenters. The van der Waals surface area contributed by atoms with Crippen LogP contribution in [0.3, 0.4) is 0 Å². The van der Waals surface area contributed by atoms with Gasteiger partial charge in [0.25, 0.3) is 0 Å². The summed E-state index contributed by atoms with van der Waals surface area (Å²) in [5.41, 5.74) is 0. The lowest BCUT2D eigenvalue weighted by atomic mass is 10.2. The minimum Gasteiger partial charge on any atom is -0.386 e. The molecular weight excluding hydrogens is 144 g/mol. The van der Waals surface area contributed by atoms with Gasteiger partial charge >= 0.3 is 0 Å². The van der Waals surface area contributed by atoms with Crippen molar-refractivity contribution in [2.45, 2.75) is 31.8 Å². The maximum atomic E-state index is 9.27. The van der Waals surface area contributed by atoms with Gasteiger partial charge in [-0.3, -0.25) is 0 Å². The van der Waals surface area contributed by atoms with Crippen LogP contribution >= 0.6 is 0 Å². The number of hydrogen-bond acceptors (Lipinski definition) is 3. The summed E-state index contributed by atoms with van der Waals surface area (Å²) in [4.78, 5) is 0. The Kier molecular flexibility index (Phi) is 2.32. The molecule has 0 saturated carbocycles. The van der Waals surface area contributed by atoms with Gasteiger partial charge < -0.3 is 14.6 Å². The molecule has 1 fully saturated rings. The maximum Gasteiger partial charge on any atom is 0.163 e. The summed E-state index contributed by atoms with van der Waals surface area (Å²) in [6.07, 6.45) is 0.564. The Morgan fingerprint density at radius 2 is 2.36 bits per heavy atom. The number of aliphatic hydroxyl groups excluding tert-OH is 1. The zero-order valence-electron chi connectivity index (χ0n) is 6.91. The fourth-order valence-corrected chi connectivity index (χ4v) is 1.04. The molecule has 0 radical (unpaired) electrons. The third-order valence-corrected chi connectivity index (χ3v) is 1.65. The summed E-state index contributed by atoms with van der Waals surface area (Å²) in [6, 6.07) is 0. The van der Waals surface area contributed by atoms with Crippen LogP contribution in [0.25, 0.3) is 0 Å². The molecule has 2 atom stereocenters. The fraction of sp³-hybridized carbons (Fsp3) is 0.750. The molecule has 3 heteroatoms. The molecule has 0 aromatic heterocycles. The van der Waals surface area contributed by atoms with Crippen molar-refractivity contribution in [2.24, 2.45) is 0 Å². The van der Waals surface area contributed by atoms with Gasteiger partial charge in [0.05, 0.1) is 6.61 Å². The second-order valence-electron chi connectivity index (χ2n) is 3.09. The molecule has 0 bridgehead atoms. The molecule has 11 heavy (non-hydrogen) atoms. The van der Waals surface area contributed by atoms with E-state index in [1.807, 2.05) is 13.8 Å². The van der Waals surface area contributed by atoms with Crippen LogP contribution < -0.4 is 0 Å². The Morgan fingerprint density at radius 1 is 1.73 bits per heavy atom. The number of rotatable bonds is 2. The number of ether oxygens (including phenoxy) is 2. The van der Waals surface area contributed by atoms with Crippen molar-refractivity contribution < 1.29 is 14.6 Å². The fourth-order valence-electron chi connectivity index (χ4n) is 1.04. The normalized spacial score (nSPS) is 31.7. The number of aliphatic hydroxyl groups is 1. The first-order valence-electron chi connectivity index (χ1n) is 3.67. The largest absolute Gasteiger partial charge is 0.386 e. The molecule has 1 saturated heterocycles. The Hall–Kier alpha value is -0.380. The van der Waals surface area contributed by atoms with E-state index in [9.17, 15) is 5.11 Å². The van der Waals surface area contributed by atoms with Crippen LogP contribution in [0.15, 0.2) is 12.7 Å². The van der Waals surface area contributed by atoms with Crippen LogP contribution in [0.1, 0.15) is 13.8 Å². The van der Waals surface area contributed by atoms with Crippen molar-refractivity contribution in [3.05, 3.63) is 12.7 Å².